The van der Waals surface area contributed by atoms with E-state index in [2.05, 4.69) is 6.92 Å². The molecule has 0 bridgehead atoms. The van der Waals surface area contributed by atoms with Crippen molar-refractivity contribution < 1.29 is 19.4 Å². The van der Waals surface area contributed by atoms with Crippen molar-refractivity contribution in [2.24, 2.45) is 5.92 Å². The molecule has 114 valence electrons. The number of amides is 1. The molecule has 1 aromatic rings. The van der Waals surface area contributed by atoms with Gasteiger partial charge < -0.3 is 14.7 Å². The monoisotopic (exact) mass is 291 g/mol. The minimum atomic E-state index is -0.863. The Morgan fingerprint density at radius 2 is 2.05 bits per heavy atom. The molecule has 1 unspecified atom stereocenters. The summed E-state index contributed by atoms with van der Waals surface area (Å²) in [6, 6.07) is 6.81. The maximum absolute atomic E-state index is 12.1. The number of benzene rings is 1. The molecule has 0 aromatic heterocycles. The van der Waals surface area contributed by atoms with Crippen LogP contribution in [0.3, 0.4) is 0 Å². The van der Waals surface area contributed by atoms with Crippen LogP contribution in [-0.2, 0) is 16.0 Å². The Hall–Kier alpha value is -2.04. The molecule has 1 amide bonds. The van der Waals surface area contributed by atoms with E-state index in [4.69, 9.17) is 9.84 Å². The molecule has 1 aromatic carbocycles. The zero-order chi connectivity index (χ0) is 15.2. The molecule has 1 N–H and O–H groups in total. The third-order valence-corrected chi connectivity index (χ3v) is 3.65. The SMILES string of the molecule is CC1CCCN(C(=O)COc2ccc(CC(=O)O)cc2)C1. The molecule has 0 radical (unpaired) electrons. The van der Waals surface area contributed by atoms with Crippen LogP contribution in [0, 0.1) is 5.92 Å². The number of carbonyl (C=O) groups is 2. The highest BCUT2D eigenvalue weighted by Crippen LogP contribution is 2.16. The first-order chi connectivity index (χ1) is 10.0. The van der Waals surface area contributed by atoms with Gasteiger partial charge in [-0.3, -0.25) is 9.59 Å². The molecule has 1 aliphatic heterocycles. The van der Waals surface area contributed by atoms with Crippen molar-refractivity contribution >= 4 is 11.9 Å². The predicted molar refractivity (Wildman–Crippen MR) is 78.3 cm³/mol. The molecular formula is C16H21NO4. The van der Waals surface area contributed by atoms with Gasteiger partial charge in [-0.05, 0) is 36.5 Å². The lowest BCUT2D eigenvalue weighted by Crippen LogP contribution is -2.41. The van der Waals surface area contributed by atoms with E-state index in [0.717, 1.165) is 19.5 Å². The fourth-order valence-corrected chi connectivity index (χ4v) is 2.53. The second-order valence-corrected chi connectivity index (χ2v) is 5.59. The lowest BCUT2D eigenvalue weighted by molar-refractivity contribution is -0.136. The first-order valence-corrected chi connectivity index (χ1v) is 7.26. The summed E-state index contributed by atoms with van der Waals surface area (Å²) in [7, 11) is 0. The van der Waals surface area contributed by atoms with Gasteiger partial charge in [-0.25, -0.2) is 0 Å². The van der Waals surface area contributed by atoms with E-state index in [-0.39, 0.29) is 18.9 Å². The van der Waals surface area contributed by atoms with Crippen LogP contribution in [0.15, 0.2) is 24.3 Å². The van der Waals surface area contributed by atoms with E-state index in [1.807, 2.05) is 4.90 Å². The van der Waals surface area contributed by atoms with E-state index in [1.54, 1.807) is 24.3 Å². The molecule has 1 saturated heterocycles. The van der Waals surface area contributed by atoms with Gasteiger partial charge in [0.1, 0.15) is 5.75 Å². The fourth-order valence-electron chi connectivity index (χ4n) is 2.53. The third-order valence-electron chi connectivity index (χ3n) is 3.65. The predicted octanol–water partition coefficient (Wildman–Crippen LogP) is 1.95. The molecule has 0 aliphatic carbocycles. The van der Waals surface area contributed by atoms with E-state index in [1.165, 1.54) is 6.42 Å². The van der Waals surface area contributed by atoms with E-state index in [0.29, 0.717) is 17.2 Å². The van der Waals surface area contributed by atoms with Gasteiger partial charge in [0, 0.05) is 13.1 Å². The number of piperidine rings is 1. The number of hydrogen-bond acceptors (Lipinski definition) is 3. The van der Waals surface area contributed by atoms with Crippen LogP contribution >= 0.6 is 0 Å². The van der Waals surface area contributed by atoms with Crippen molar-refractivity contribution in [3.05, 3.63) is 29.8 Å². The highest BCUT2D eigenvalue weighted by atomic mass is 16.5. The summed E-state index contributed by atoms with van der Waals surface area (Å²) in [5.41, 5.74) is 0.714. The number of likely N-dealkylation sites (tertiary alicyclic amines) is 1. The summed E-state index contributed by atoms with van der Waals surface area (Å²) in [6.07, 6.45) is 2.22. The number of aliphatic carboxylic acids is 1. The van der Waals surface area contributed by atoms with Crippen LogP contribution in [0.5, 0.6) is 5.75 Å². The van der Waals surface area contributed by atoms with Crippen LogP contribution < -0.4 is 4.74 Å². The Morgan fingerprint density at radius 3 is 2.67 bits per heavy atom. The normalized spacial score (nSPS) is 18.3. The van der Waals surface area contributed by atoms with Crippen molar-refractivity contribution in [2.75, 3.05) is 19.7 Å². The van der Waals surface area contributed by atoms with Gasteiger partial charge >= 0.3 is 5.97 Å². The molecule has 21 heavy (non-hydrogen) atoms. The zero-order valence-corrected chi connectivity index (χ0v) is 12.2. The van der Waals surface area contributed by atoms with Gasteiger partial charge in [0.2, 0.25) is 0 Å². The molecule has 5 nitrogen and oxygen atoms in total. The lowest BCUT2D eigenvalue weighted by Gasteiger charge is -2.30. The minimum Gasteiger partial charge on any atom is -0.484 e. The molecular weight excluding hydrogens is 270 g/mol. The number of hydrogen-bond donors (Lipinski definition) is 1. The summed E-state index contributed by atoms with van der Waals surface area (Å²) < 4.78 is 5.48. The number of carboxylic acids is 1. The maximum Gasteiger partial charge on any atom is 0.307 e. The smallest absolute Gasteiger partial charge is 0.307 e. The highest BCUT2D eigenvalue weighted by molar-refractivity contribution is 5.77. The minimum absolute atomic E-state index is 0.00905. The highest BCUT2D eigenvalue weighted by Gasteiger charge is 2.21. The largest absolute Gasteiger partial charge is 0.484 e. The maximum atomic E-state index is 12.1. The summed E-state index contributed by atoms with van der Waals surface area (Å²) in [5.74, 6) is 0.287. The number of carbonyl (C=O) groups excluding carboxylic acids is 1. The van der Waals surface area contributed by atoms with Crippen molar-refractivity contribution in [1.82, 2.24) is 4.90 Å². The first kappa shape index (κ1) is 15.4. The Bertz CT molecular complexity index is 498. The molecule has 5 heteroatoms. The van der Waals surface area contributed by atoms with Gasteiger partial charge in [0.15, 0.2) is 6.61 Å². The van der Waals surface area contributed by atoms with Crippen LogP contribution in [-0.4, -0.2) is 41.6 Å². The van der Waals surface area contributed by atoms with Crippen molar-refractivity contribution in [3.8, 4) is 5.75 Å². The third kappa shape index (κ3) is 4.77. The molecule has 0 spiro atoms. The van der Waals surface area contributed by atoms with Crippen LogP contribution in [0.1, 0.15) is 25.3 Å². The summed E-state index contributed by atoms with van der Waals surface area (Å²) in [5, 5.41) is 8.70. The Kier molecular flexibility index (Phi) is 5.20. The van der Waals surface area contributed by atoms with Crippen LogP contribution in [0.2, 0.25) is 0 Å². The van der Waals surface area contributed by atoms with Crippen molar-refractivity contribution in [2.45, 2.75) is 26.2 Å². The van der Waals surface area contributed by atoms with Crippen molar-refractivity contribution in [1.29, 1.82) is 0 Å². The summed E-state index contributed by atoms with van der Waals surface area (Å²) in [4.78, 5) is 24.5. The number of rotatable bonds is 5. The van der Waals surface area contributed by atoms with Gasteiger partial charge in [0.05, 0.1) is 6.42 Å². The van der Waals surface area contributed by atoms with E-state index >= 15 is 0 Å². The molecule has 1 atom stereocenters. The second-order valence-electron chi connectivity index (χ2n) is 5.59. The summed E-state index contributed by atoms with van der Waals surface area (Å²) in [6.45, 7) is 3.80. The molecule has 1 fully saturated rings. The molecule has 0 saturated carbocycles. The average Bonchev–Trinajstić information content (AvgIpc) is 2.45. The fraction of sp³-hybridized carbons (Fsp3) is 0.500. The van der Waals surface area contributed by atoms with Gasteiger partial charge in [-0.1, -0.05) is 19.1 Å². The molecule has 1 aliphatic rings. The number of carboxylic acid groups (broad SMARTS) is 1. The second kappa shape index (κ2) is 7.11. The van der Waals surface area contributed by atoms with E-state index in [9.17, 15) is 9.59 Å². The standard InChI is InChI=1S/C16H21NO4/c1-12-3-2-8-17(10-12)15(18)11-21-14-6-4-13(5-7-14)9-16(19)20/h4-7,12H,2-3,8-11H2,1H3,(H,19,20). The average molecular weight is 291 g/mol. The Morgan fingerprint density at radius 1 is 1.33 bits per heavy atom. The Labute approximate surface area is 124 Å². The summed E-state index contributed by atoms with van der Waals surface area (Å²) >= 11 is 0. The van der Waals surface area contributed by atoms with Gasteiger partial charge in [0.25, 0.3) is 5.91 Å². The molecule has 2 rings (SSSR count). The van der Waals surface area contributed by atoms with Gasteiger partial charge in [-0.15, -0.1) is 0 Å². The number of ether oxygens (including phenoxy) is 1. The quantitative estimate of drug-likeness (QED) is 0.900. The van der Waals surface area contributed by atoms with Crippen molar-refractivity contribution in [3.63, 3.8) is 0 Å². The Balaban J connectivity index is 1.82. The lowest BCUT2D eigenvalue weighted by atomic mass is 10.0. The first-order valence-electron chi connectivity index (χ1n) is 7.26. The topological polar surface area (TPSA) is 66.8 Å². The number of nitrogens with zero attached hydrogens (tertiary/aromatic N) is 1. The van der Waals surface area contributed by atoms with Gasteiger partial charge in [-0.2, -0.15) is 0 Å². The molecule has 1 heterocycles. The van der Waals surface area contributed by atoms with E-state index < -0.39 is 5.97 Å². The van der Waals surface area contributed by atoms with Crippen LogP contribution in [0.4, 0.5) is 0 Å². The van der Waals surface area contributed by atoms with Crippen LogP contribution in [0.25, 0.3) is 0 Å². The zero-order valence-electron chi connectivity index (χ0n) is 12.2.